The molecule has 3 rings (SSSR count). The van der Waals surface area contributed by atoms with Crippen LogP contribution in [0.25, 0.3) is 0 Å². The summed E-state index contributed by atoms with van der Waals surface area (Å²) in [7, 11) is -3.65. The van der Waals surface area contributed by atoms with E-state index in [0.29, 0.717) is 13.0 Å². The zero-order valence-corrected chi connectivity index (χ0v) is 16.3. The lowest BCUT2D eigenvalue weighted by Crippen LogP contribution is -2.43. The van der Waals surface area contributed by atoms with Crippen LogP contribution < -0.4 is 0 Å². The van der Waals surface area contributed by atoms with Gasteiger partial charge in [0.05, 0.1) is 4.90 Å². The van der Waals surface area contributed by atoms with Crippen molar-refractivity contribution < 1.29 is 17.9 Å². The van der Waals surface area contributed by atoms with E-state index in [1.807, 2.05) is 37.3 Å². The molecular formula is C21H23NO4S. The van der Waals surface area contributed by atoms with Crippen molar-refractivity contribution >= 4 is 16.0 Å². The number of carbonyl (C=O) groups excluding carboxylic acids is 1. The molecule has 0 aliphatic carbocycles. The van der Waals surface area contributed by atoms with Crippen molar-refractivity contribution in [3.63, 3.8) is 0 Å². The molecule has 0 bridgehead atoms. The number of hydrogen-bond donors (Lipinski definition) is 0. The van der Waals surface area contributed by atoms with Gasteiger partial charge in [0.1, 0.15) is 6.61 Å². The van der Waals surface area contributed by atoms with Crippen LogP contribution in [0.4, 0.5) is 0 Å². The Morgan fingerprint density at radius 2 is 1.81 bits per heavy atom. The fourth-order valence-corrected chi connectivity index (χ4v) is 4.74. The summed E-state index contributed by atoms with van der Waals surface area (Å²) in [6.07, 6.45) is 4.10. The first-order valence-electron chi connectivity index (χ1n) is 8.83. The Labute approximate surface area is 160 Å². The minimum Gasteiger partial charge on any atom is -0.462 e. The highest BCUT2D eigenvalue weighted by Gasteiger charge is 2.34. The number of ether oxygens (including phenoxy) is 1. The summed E-state index contributed by atoms with van der Waals surface area (Å²) in [5.41, 5.74) is 3.16. The Kier molecular flexibility index (Phi) is 5.77. The monoisotopic (exact) mass is 385 g/mol. The average Bonchev–Trinajstić information content (AvgIpc) is 2.64. The van der Waals surface area contributed by atoms with Gasteiger partial charge < -0.3 is 4.74 Å². The lowest BCUT2D eigenvalue weighted by Gasteiger charge is -2.34. The standard InChI is InChI=1S/C21H23NO4S/c1-16-9-11-21(12-10-16)27(24,25)22-15-19-7-4-3-6-18(19)14-20(22)8-5-13-26-17(2)23/h3-12,20H,13-15H2,1-2H3/b8-5+. The molecule has 0 spiro atoms. The van der Waals surface area contributed by atoms with E-state index < -0.39 is 10.0 Å². The van der Waals surface area contributed by atoms with Crippen LogP contribution in [0.15, 0.2) is 65.6 Å². The molecule has 5 nitrogen and oxygen atoms in total. The molecule has 1 aliphatic rings. The molecule has 1 unspecified atom stereocenters. The van der Waals surface area contributed by atoms with Crippen LogP contribution in [-0.4, -0.2) is 31.3 Å². The van der Waals surface area contributed by atoms with Gasteiger partial charge in [-0.05, 0) is 42.7 Å². The number of nitrogens with zero attached hydrogens (tertiary/aromatic N) is 1. The number of esters is 1. The Bertz CT molecular complexity index is 948. The van der Waals surface area contributed by atoms with Gasteiger partial charge in [-0.25, -0.2) is 8.42 Å². The number of aryl methyl sites for hydroxylation is 1. The van der Waals surface area contributed by atoms with Crippen molar-refractivity contribution in [2.45, 2.75) is 37.8 Å². The average molecular weight is 385 g/mol. The zero-order valence-electron chi connectivity index (χ0n) is 15.5. The van der Waals surface area contributed by atoms with E-state index in [-0.39, 0.29) is 23.5 Å². The normalized spacial score (nSPS) is 17.6. The number of rotatable bonds is 5. The second-order valence-electron chi connectivity index (χ2n) is 6.63. The van der Waals surface area contributed by atoms with Crippen LogP contribution in [0, 0.1) is 6.92 Å². The quantitative estimate of drug-likeness (QED) is 0.586. The maximum absolute atomic E-state index is 13.3. The van der Waals surface area contributed by atoms with E-state index in [4.69, 9.17) is 4.74 Å². The molecule has 27 heavy (non-hydrogen) atoms. The van der Waals surface area contributed by atoms with Crippen molar-refractivity contribution in [3.05, 3.63) is 77.4 Å². The fraction of sp³-hybridized carbons (Fsp3) is 0.286. The Hall–Kier alpha value is -2.44. The van der Waals surface area contributed by atoms with Gasteiger partial charge >= 0.3 is 5.97 Å². The van der Waals surface area contributed by atoms with Crippen molar-refractivity contribution in [3.8, 4) is 0 Å². The van der Waals surface area contributed by atoms with Gasteiger partial charge in [0.25, 0.3) is 0 Å². The van der Waals surface area contributed by atoms with E-state index in [1.165, 1.54) is 11.2 Å². The third kappa shape index (κ3) is 4.46. The van der Waals surface area contributed by atoms with E-state index in [1.54, 1.807) is 30.3 Å². The molecule has 0 amide bonds. The van der Waals surface area contributed by atoms with Crippen LogP contribution in [0.2, 0.25) is 0 Å². The van der Waals surface area contributed by atoms with Crippen molar-refractivity contribution in [2.24, 2.45) is 0 Å². The largest absolute Gasteiger partial charge is 0.462 e. The number of carbonyl (C=O) groups is 1. The van der Waals surface area contributed by atoms with Crippen LogP contribution in [0.1, 0.15) is 23.6 Å². The van der Waals surface area contributed by atoms with Gasteiger partial charge in [0, 0.05) is 19.5 Å². The summed E-state index contributed by atoms with van der Waals surface area (Å²) in [4.78, 5) is 11.2. The summed E-state index contributed by atoms with van der Waals surface area (Å²) >= 11 is 0. The minimum atomic E-state index is -3.65. The predicted octanol–water partition coefficient (Wildman–Crippen LogP) is 3.23. The number of hydrogen-bond acceptors (Lipinski definition) is 4. The van der Waals surface area contributed by atoms with Gasteiger partial charge in [0.2, 0.25) is 10.0 Å². The molecule has 142 valence electrons. The summed E-state index contributed by atoms with van der Waals surface area (Å²) in [5, 5.41) is 0. The SMILES string of the molecule is CC(=O)OC/C=C/C1Cc2ccccc2CN1S(=O)(=O)c1ccc(C)cc1. The maximum atomic E-state index is 13.3. The fourth-order valence-electron chi connectivity index (χ4n) is 3.17. The topological polar surface area (TPSA) is 63.7 Å². The van der Waals surface area contributed by atoms with E-state index >= 15 is 0 Å². The van der Waals surface area contributed by atoms with Gasteiger partial charge in [0.15, 0.2) is 0 Å². The highest BCUT2D eigenvalue weighted by Crippen LogP contribution is 2.29. The van der Waals surface area contributed by atoms with Crippen molar-refractivity contribution in [1.29, 1.82) is 0 Å². The van der Waals surface area contributed by atoms with E-state index in [0.717, 1.165) is 16.7 Å². The van der Waals surface area contributed by atoms with E-state index in [2.05, 4.69) is 0 Å². The molecule has 1 atom stereocenters. The number of sulfonamides is 1. The molecule has 2 aromatic carbocycles. The molecule has 2 aromatic rings. The molecule has 0 N–H and O–H groups in total. The number of fused-ring (bicyclic) bond motifs is 1. The molecule has 0 aromatic heterocycles. The molecular weight excluding hydrogens is 362 g/mol. The molecule has 0 saturated carbocycles. The molecule has 0 fully saturated rings. The first-order valence-corrected chi connectivity index (χ1v) is 10.3. The zero-order chi connectivity index (χ0) is 19.4. The third-order valence-electron chi connectivity index (χ3n) is 4.61. The molecule has 6 heteroatoms. The summed E-state index contributed by atoms with van der Waals surface area (Å²) < 4.78 is 33.0. The Balaban J connectivity index is 1.93. The second-order valence-corrected chi connectivity index (χ2v) is 8.52. The van der Waals surface area contributed by atoms with Crippen LogP contribution >= 0.6 is 0 Å². The lowest BCUT2D eigenvalue weighted by molar-refractivity contribution is -0.139. The molecule has 0 saturated heterocycles. The highest BCUT2D eigenvalue weighted by molar-refractivity contribution is 7.89. The summed E-state index contributed by atoms with van der Waals surface area (Å²) in [6.45, 7) is 3.72. The van der Waals surface area contributed by atoms with Gasteiger partial charge in [-0.15, -0.1) is 0 Å². The smallest absolute Gasteiger partial charge is 0.302 e. The van der Waals surface area contributed by atoms with Gasteiger partial charge in [-0.2, -0.15) is 4.31 Å². The Morgan fingerprint density at radius 1 is 1.15 bits per heavy atom. The van der Waals surface area contributed by atoms with Crippen LogP contribution in [0.3, 0.4) is 0 Å². The first-order chi connectivity index (χ1) is 12.9. The number of benzene rings is 2. The highest BCUT2D eigenvalue weighted by atomic mass is 32.2. The summed E-state index contributed by atoms with van der Waals surface area (Å²) in [6, 6.07) is 14.4. The van der Waals surface area contributed by atoms with Crippen LogP contribution in [0.5, 0.6) is 0 Å². The Morgan fingerprint density at radius 3 is 2.48 bits per heavy atom. The lowest BCUT2D eigenvalue weighted by atomic mass is 9.96. The second kappa shape index (κ2) is 8.06. The first kappa shape index (κ1) is 19.3. The van der Waals surface area contributed by atoms with Gasteiger partial charge in [-0.1, -0.05) is 48.0 Å². The van der Waals surface area contributed by atoms with E-state index in [9.17, 15) is 13.2 Å². The molecule has 1 aliphatic heterocycles. The third-order valence-corrected chi connectivity index (χ3v) is 6.50. The van der Waals surface area contributed by atoms with Crippen molar-refractivity contribution in [1.82, 2.24) is 4.31 Å². The van der Waals surface area contributed by atoms with Crippen molar-refractivity contribution in [2.75, 3.05) is 6.61 Å². The minimum absolute atomic E-state index is 0.131. The molecule has 0 radical (unpaired) electrons. The van der Waals surface area contributed by atoms with Gasteiger partial charge in [-0.3, -0.25) is 4.79 Å². The summed E-state index contributed by atoms with van der Waals surface area (Å²) in [5.74, 6) is -0.363. The maximum Gasteiger partial charge on any atom is 0.302 e. The molecule has 1 heterocycles. The predicted molar refractivity (Wildman–Crippen MR) is 104 cm³/mol. The van der Waals surface area contributed by atoms with Crippen LogP contribution in [-0.2, 0) is 32.5 Å².